The zero-order valence-corrected chi connectivity index (χ0v) is 20.9. The summed E-state index contributed by atoms with van der Waals surface area (Å²) in [4.78, 5) is 23.0. The van der Waals surface area contributed by atoms with E-state index in [1.54, 1.807) is 18.2 Å². The molecule has 9 heteroatoms. The number of benzene rings is 2. The minimum atomic E-state index is -3.70. The zero-order valence-electron chi connectivity index (χ0n) is 20.1. The summed E-state index contributed by atoms with van der Waals surface area (Å²) < 4.78 is 34.8. The third kappa shape index (κ3) is 5.27. The minimum absolute atomic E-state index is 0.0430. The normalized spacial score (nSPS) is 25.6. The average molecular weight is 497 g/mol. The molecule has 2 aromatic carbocycles. The number of ether oxygens (including phenoxy) is 1. The molecular formula is C26H32N4O4S. The van der Waals surface area contributed by atoms with Crippen molar-refractivity contribution >= 4 is 27.0 Å². The average Bonchev–Trinajstić information content (AvgIpc) is 3.27. The van der Waals surface area contributed by atoms with E-state index in [-0.39, 0.29) is 35.0 Å². The van der Waals surface area contributed by atoms with Gasteiger partial charge in [-0.1, -0.05) is 30.3 Å². The maximum absolute atomic E-state index is 13.1. The molecule has 0 bridgehead atoms. The number of hydrogen-bond acceptors (Lipinski definition) is 5. The fraction of sp³-hybridized carbons (Fsp3) is 0.462. The Labute approximate surface area is 206 Å². The SMILES string of the molecule is CC1CN(C(=O)C2CCC(NS(=O)(=O)c3ccc4[nH]c(-c5ccccc5)nc4c3)CC2)CC(C)O1. The molecule has 2 N–H and O–H groups in total. The van der Waals surface area contributed by atoms with E-state index in [1.165, 1.54) is 0 Å². The lowest BCUT2D eigenvalue weighted by molar-refractivity contribution is -0.148. The lowest BCUT2D eigenvalue weighted by Crippen LogP contribution is -2.51. The Morgan fingerprint density at radius 2 is 1.71 bits per heavy atom. The summed E-state index contributed by atoms with van der Waals surface area (Å²) in [5.41, 5.74) is 2.34. The van der Waals surface area contributed by atoms with Crippen LogP contribution >= 0.6 is 0 Å². The molecule has 1 saturated carbocycles. The molecule has 0 spiro atoms. The summed E-state index contributed by atoms with van der Waals surface area (Å²) in [6, 6.07) is 14.5. The van der Waals surface area contributed by atoms with Crippen molar-refractivity contribution in [3.05, 3.63) is 48.5 Å². The Balaban J connectivity index is 1.22. The van der Waals surface area contributed by atoms with Gasteiger partial charge in [-0.3, -0.25) is 4.79 Å². The minimum Gasteiger partial charge on any atom is -0.372 e. The van der Waals surface area contributed by atoms with Gasteiger partial charge in [-0.25, -0.2) is 18.1 Å². The molecule has 1 aliphatic carbocycles. The van der Waals surface area contributed by atoms with Gasteiger partial charge in [0.2, 0.25) is 15.9 Å². The number of fused-ring (bicyclic) bond motifs is 1. The Kier molecular flexibility index (Phi) is 6.65. The topological polar surface area (TPSA) is 104 Å². The van der Waals surface area contributed by atoms with Gasteiger partial charge in [0.1, 0.15) is 5.82 Å². The summed E-state index contributed by atoms with van der Waals surface area (Å²) in [5.74, 6) is 0.826. The lowest BCUT2D eigenvalue weighted by Gasteiger charge is -2.38. The molecule has 1 amide bonds. The fourth-order valence-corrected chi connectivity index (χ4v) is 6.57. The monoisotopic (exact) mass is 496 g/mol. The Hall–Kier alpha value is -2.75. The van der Waals surface area contributed by atoms with Crippen LogP contribution in [-0.2, 0) is 19.6 Å². The number of aromatic nitrogens is 2. The van der Waals surface area contributed by atoms with Gasteiger partial charge in [-0.05, 0) is 57.7 Å². The number of sulfonamides is 1. The first-order valence-electron chi connectivity index (χ1n) is 12.3. The van der Waals surface area contributed by atoms with Gasteiger partial charge in [0.25, 0.3) is 0 Å². The maximum Gasteiger partial charge on any atom is 0.240 e. The van der Waals surface area contributed by atoms with Crippen molar-refractivity contribution in [3.8, 4) is 11.4 Å². The van der Waals surface area contributed by atoms with E-state index in [9.17, 15) is 13.2 Å². The fourth-order valence-electron chi connectivity index (χ4n) is 5.25. The zero-order chi connectivity index (χ0) is 24.6. The smallest absolute Gasteiger partial charge is 0.240 e. The molecule has 0 radical (unpaired) electrons. The number of carbonyl (C=O) groups excluding carboxylic acids is 1. The number of aromatic amines is 1. The third-order valence-electron chi connectivity index (χ3n) is 6.94. The number of rotatable bonds is 5. The highest BCUT2D eigenvalue weighted by atomic mass is 32.2. The second-order valence-electron chi connectivity index (χ2n) is 9.80. The van der Waals surface area contributed by atoms with Crippen LogP contribution in [0.1, 0.15) is 39.5 Å². The van der Waals surface area contributed by atoms with Gasteiger partial charge >= 0.3 is 0 Å². The third-order valence-corrected chi connectivity index (χ3v) is 8.46. The van der Waals surface area contributed by atoms with Crippen molar-refractivity contribution in [2.75, 3.05) is 13.1 Å². The van der Waals surface area contributed by atoms with Crippen LogP contribution in [0.2, 0.25) is 0 Å². The summed E-state index contributed by atoms with van der Waals surface area (Å²) in [6.07, 6.45) is 2.75. The number of imidazole rings is 1. The number of hydrogen-bond donors (Lipinski definition) is 2. The number of morpholine rings is 1. The quantitative estimate of drug-likeness (QED) is 0.561. The van der Waals surface area contributed by atoms with E-state index in [4.69, 9.17) is 4.74 Å². The second-order valence-corrected chi connectivity index (χ2v) is 11.5. The number of nitrogens with zero attached hydrogens (tertiary/aromatic N) is 2. The maximum atomic E-state index is 13.1. The second kappa shape index (κ2) is 9.72. The van der Waals surface area contributed by atoms with Gasteiger partial charge in [0.05, 0.1) is 28.1 Å². The molecule has 3 aromatic rings. The molecule has 8 nitrogen and oxygen atoms in total. The highest BCUT2D eigenvalue weighted by molar-refractivity contribution is 7.89. The van der Waals surface area contributed by atoms with Gasteiger partial charge in [-0.15, -0.1) is 0 Å². The summed E-state index contributed by atoms with van der Waals surface area (Å²) in [7, 11) is -3.70. The first-order valence-corrected chi connectivity index (χ1v) is 13.8. The van der Waals surface area contributed by atoms with Gasteiger partial charge in [0.15, 0.2) is 0 Å². The van der Waals surface area contributed by atoms with Crippen LogP contribution < -0.4 is 4.72 Å². The van der Waals surface area contributed by atoms with Gasteiger partial charge in [0, 0.05) is 30.6 Å². The van der Waals surface area contributed by atoms with Crippen molar-refractivity contribution in [1.82, 2.24) is 19.6 Å². The van der Waals surface area contributed by atoms with Gasteiger partial charge < -0.3 is 14.6 Å². The summed E-state index contributed by atoms with van der Waals surface area (Å²) in [6.45, 7) is 5.23. The summed E-state index contributed by atoms with van der Waals surface area (Å²) in [5, 5.41) is 0. The standard InChI is InChI=1S/C26H32N4O4S/c1-17-15-30(16-18(2)34-17)26(31)20-8-10-21(11-9-20)29-35(32,33)22-12-13-23-24(14-22)28-25(27-23)19-6-4-3-5-7-19/h3-7,12-14,17-18,20-21,29H,8-11,15-16H2,1-2H3,(H,27,28). The number of amides is 1. The van der Waals surface area contributed by atoms with E-state index in [0.717, 1.165) is 11.1 Å². The Morgan fingerprint density at radius 3 is 2.40 bits per heavy atom. The molecule has 2 heterocycles. The largest absolute Gasteiger partial charge is 0.372 e. The highest BCUT2D eigenvalue weighted by Crippen LogP contribution is 2.29. The van der Waals surface area contributed by atoms with E-state index in [0.29, 0.717) is 50.1 Å². The Morgan fingerprint density at radius 1 is 1.03 bits per heavy atom. The highest BCUT2D eigenvalue weighted by Gasteiger charge is 2.34. The molecule has 2 fully saturated rings. The van der Waals surface area contributed by atoms with Crippen LogP contribution in [0, 0.1) is 5.92 Å². The van der Waals surface area contributed by atoms with Crippen molar-refractivity contribution in [2.45, 2.75) is 62.7 Å². The lowest BCUT2D eigenvalue weighted by atomic mass is 9.85. The van der Waals surface area contributed by atoms with Crippen molar-refractivity contribution < 1.29 is 17.9 Å². The van der Waals surface area contributed by atoms with E-state index < -0.39 is 10.0 Å². The molecule has 2 aliphatic rings. The van der Waals surface area contributed by atoms with E-state index in [2.05, 4.69) is 14.7 Å². The van der Waals surface area contributed by atoms with Crippen molar-refractivity contribution in [3.63, 3.8) is 0 Å². The van der Waals surface area contributed by atoms with E-state index >= 15 is 0 Å². The molecule has 2 atom stereocenters. The van der Waals surface area contributed by atoms with Crippen LogP contribution in [0.4, 0.5) is 0 Å². The first-order chi connectivity index (χ1) is 16.8. The molecule has 2 unspecified atom stereocenters. The van der Waals surface area contributed by atoms with Crippen LogP contribution in [0.15, 0.2) is 53.4 Å². The molecular weight excluding hydrogens is 464 g/mol. The van der Waals surface area contributed by atoms with Crippen LogP contribution in [0.25, 0.3) is 22.4 Å². The van der Waals surface area contributed by atoms with Crippen LogP contribution in [0.5, 0.6) is 0 Å². The van der Waals surface area contributed by atoms with Crippen LogP contribution in [-0.4, -0.2) is 60.5 Å². The van der Waals surface area contributed by atoms with Gasteiger partial charge in [-0.2, -0.15) is 0 Å². The molecule has 1 aliphatic heterocycles. The summed E-state index contributed by atoms with van der Waals surface area (Å²) >= 11 is 0. The number of nitrogens with one attached hydrogen (secondary N) is 2. The molecule has 1 saturated heterocycles. The molecule has 5 rings (SSSR count). The molecule has 1 aromatic heterocycles. The van der Waals surface area contributed by atoms with Crippen molar-refractivity contribution in [2.24, 2.45) is 5.92 Å². The predicted molar refractivity (Wildman–Crippen MR) is 134 cm³/mol. The predicted octanol–water partition coefficient (Wildman–Crippen LogP) is 3.70. The number of H-pyrrole nitrogens is 1. The van der Waals surface area contributed by atoms with E-state index in [1.807, 2.05) is 49.1 Å². The van der Waals surface area contributed by atoms with Crippen molar-refractivity contribution in [1.29, 1.82) is 0 Å². The molecule has 35 heavy (non-hydrogen) atoms. The first kappa shape index (κ1) is 24.0. The number of carbonyl (C=O) groups is 1. The van der Waals surface area contributed by atoms with Crippen LogP contribution in [0.3, 0.4) is 0 Å². The Bertz CT molecular complexity index is 1290. The molecule has 186 valence electrons.